The Hall–Kier alpha value is -1.51. The molecule has 0 radical (unpaired) electrons. The number of likely N-dealkylation sites (tertiary alicyclic amines) is 1. The summed E-state index contributed by atoms with van der Waals surface area (Å²) in [6, 6.07) is 19.1. The highest BCUT2D eigenvalue weighted by Gasteiger charge is 2.19. The largest absolute Gasteiger partial charge is 0.399 e. The van der Waals surface area contributed by atoms with Crippen molar-refractivity contribution >= 4 is 18.1 Å². The minimum absolute atomic E-state index is 0. The molecule has 1 fully saturated rings. The minimum Gasteiger partial charge on any atom is -0.399 e. The number of hydrogen-bond donors (Lipinski definition) is 1. The van der Waals surface area contributed by atoms with Crippen molar-refractivity contribution in [3.05, 3.63) is 65.7 Å². The number of halogens is 1. The molecule has 2 aromatic rings. The molecule has 2 aromatic carbocycles. The van der Waals surface area contributed by atoms with Gasteiger partial charge in [-0.15, -0.1) is 12.4 Å². The lowest BCUT2D eigenvalue weighted by Gasteiger charge is -2.32. The smallest absolute Gasteiger partial charge is 0.0317 e. The summed E-state index contributed by atoms with van der Waals surface area (Å²) in [5.41, 5.74) is 9.53. The normalized spacial score (nSPS) is 16.2. The van der Waals surface area contributed by atoms with Gasteiger partial charge in [0.1, 0.15) is 0 Å². The van der Waals surface area contributed by atoms with E-state index in [4.69, 9.17) is 5.73 Å². The first-order chi connectivity index (χ1) is 10.3. The Balaban J connectivity index is 0.00000176. The molecular weight excluding hydrogens is 292 g/mol. The number of piperidine rings is 1. The van der Waals surface area contributed by atoms with Gasteiger partial charge in [0.2, 0.25) is 0 Å². The van der Waals surface area contributed by atoms with Crippen molar-refractivity contribution in [1.29, 1.82) is 0 Å². The van der Waals surface area contributed by atoms with Crippen LogP contribution in [0.2, 0.25) is 0 Å². The fourth-order valence-corrected chi connectivity index (χ4v) is 3.25. The van der Waals surface area contributed by atoms with Gasteiger partial charge < -0.3 is 5.73 Å². The van der Waals surface area contributed by atoms with Gasteiger partial charge in [-0.05, 0) is 61.5 Å². The van der Waals surface area contributed by atoms with Crippen molar-refractivity contribution in [2.24, 2.45) is 5.92 Å². The second-order valence-electron chi connectivity index (χ2n) is 6.15. The lowest BCUT2D eigenvalue weighted by Crippen LogP contribution is -2.33. The van der Waals surface area contributed by atoms with Crippen LogP contribution in [-0.2, 0) is 13.0 Å². The van der Waals surface area contributed by atoms with E-state index < -0.39 is 0 Å². The molecule has 1 heterocycles. The molecule has 2 N–H and O–H groups in total. The number of nitrogens with zero attached hydrogens (tertiary/aromatic N) is 1. The van der Waals surface area contributed by atoms with Gasteiger partial charge in [-0.1, -0.05) is 42.5 Å². The van der Waals surface area contributed by atoms with Gasteiger partial charge >= 0.3 is 0 Å². The summed E-state index contributed by atoms with van der Waals surface area (Å²) in [6.45, 7) is 3.43. The SMILES string of the molecule is Cl.Nc1cccc(CN2CCC(Cc3ccccc3)CC2)c1. The minimum atomic E-state index is 0. The van der Waals surface area contributed by atoms with E-state index in [2.05, 4.69) is 47.4 Å². The van der Waals surface area contributed by atoms with Crippen LogP contribution in [0.1, 0.15) is 24.0 Å². The Morgan fingerprint density at radius 1 is 0.909 bits per heavy atom. The van der Waals surface area contributed by atoms with E-state index in [0.29, 0.717) is 0 Å². The summed E-state index contributed by atoms with van der Waals surface area (Å²) >= 11 is 0. The molecule has 0 aliphatic carbocycles. The number of nitrogen functional groups attached to an aromatic ring is 1. The third kappa shape index (κ3) is 4.75. The zero-order valence-corrected chi connectivity index (χ0v) is 13.8. The molecule has 22 heavy (non-hydrogen) atoms. The van der Waals surface area contributed by atoms with Gasteiger partial charge in [0.05, 0.1) is 0 Å². The fourth-order valence-electron chi connectivity index (χ4n) is 3.25. The van der Waals surface area contributed by atoms with Gasteiger partial charge in [0.25, 0.3) is 0 Å². The van der Waals surface area contributed by atoms with E-state index in [1.54, 1.807) is 0 Å². The fraction of sp³-hybridized carbons (Fsp3) is 0.368. The number of nitrogens with two attached hydrogens (primary N) is 1. The first kappa shape index (κ1) is 16.9. The molecule has 118 valence electrons. The molecule has 3 rings (SSSR count). The highest BCUT2D eigenvalue weighted by Crippen LogP contribution is 2.23. The van der Waals surface area contributed by atoms with E-state index in [1.165, 1.54) is 43.5 Å². The molecule has 0 saturated carbocycles. The van der Waals surface area contributed by atoms with Crippen LogP contribution in [0.25, 0.3) is 0 Å². The van der Waals surface area contributed by atoms with Crippen molar-refractivity contribution in [2.45, 2.75) is 25.8 Å². The number of anilines is 1. The summed E-state index contributed by atoms with van der Waals surface area (Å²) in [7, 11) is 0. The third-order valence-electron chi connectivity index (χ3n) is 4.43. The molecule has 3 heteroatoms. The Labute approximate surface area is 139 Å². The average molecular weight is 317 g/mol. The second kappa shape index (κ2) is 8.21. The Morgan fingerprint density at radius 2 is 1.59 bits per heavy atom. The van der Waals surface area contributed by atoms with Gasteiger partial charge in [-0.2, -0.15) is 0 Å². The highest BCUT2D eigenvalue weighted by molar-refractivity contribution is 5.85. The molecule has 0 bridgehead atoms. The molecule has 0 atom stereocenters. The molecule has 1 saturated heterocycles. The highest BCUT2D eigenvalue weighted by atomic mass is 35.5. The van der Waals surface area contributed by atoms with Crippen LogP contribution in [0.4, 0.5) is 5.69 Å². The maximum absolute atomic E-state index is 5.85. The first-order valence-electron chi connectivity index (χ1n) is 7.90. The predicted octanol–water partition coefficient (Wildman–Crippen LogP) is 4.15. The molecule has 1 aliphatic heterocycles. The maximum Gasteiger partial charge on any atom is 0.0317 e. The zero-order valence-electron chi connectivity index (χ0n) is 12.9. The lowest BCUT2D eigenvalue weighted by molar-refractivity contribution is 0.177. The molecule has 2 nitrogen and oxygen atoms in total. The summed E-state index contributed by atoms with van der Waals surface area (Å²) in [6.07, 6.45) is 3.83. The van der Waals surface area contributed by atoms with Crippen molar-refractivity contribution < 1.29 is 0 Å². The monoisotopic (exact) mass is 316 g/mol. The van der Waals surface area contributed by atoms with E-state index in [9.17, 15) is 0 Å². The third-order valence-corrected chi connectivity index (χ3v) is 4.43. The summed E-state index contributed by atoms with van der Waals surface area (Å²) < 4.78 is 0. The van der Waals surface area contributed by atoms with Gasteiger partial charge in [-0.25, -0.2) is 0 Å². The van der Waals surface area contributed by atoms with Crippen LogP contribution in [0.15, 0.2) is 54.6 Å². The molecule has 0 unspecified atom stereocenters. The quantitative estimate of drug-likeness (QED) is 0.859. The van der Waals surface area contributed by atoms with Gasteiger partial charge in [0, 0.05) is 12.2 Å². The van der Waals surface area contributed by atoms with Crippen LogP contribution in [0.5, 0.6) is 0 Å². The average Bonchev–Trinajstić information content (AvgIpc) is 2.50. The summed E-state index contributed by atoms with van der Waals surface area (Å²) in [5.74, 6) is 0.837. The standard InChI is InChI=1S/C19H24N2.ClH/c20-19-8-4-7-18(14-19)15-21-11-9-17(10-12-21)13-16-5-2-1-3-6-16;/h1-8,14,17H,9-13,15,20H2;1H. The van der Waals surface area contributed by atoms with Crippen molar-refractivity contribution in [2.75, 3.05) is 18.8 Å². The van der Waals surface area contributed by atoms with Crippen molar-refractivity contribution in [3.63, 3.8) is 0 Å². The number of hydrogen-bond acceptors (Lipinski definition) is 2. The second-order valence-corrected chi connectivity index (χ2v) is 6.15. The van der Waals surface area contributed by atoms with Crippen molar-refractivity contribution in [1.82, 2.24) is 4.90 Å². The molecule has 0 spiro atoms. The zero-order chi connectivity index (χ0) is 14.5. The van der Waals surface area contributed by atoms with E-state index >= 15 is 0 Å². The van der Waals surface area contributed by atoms with Gasteiger partial charge in [0.15, 0.2) is 0 Å². The molecule has 1 aliphatic rings. The maximum atomic E-state index is 5.85. The van der Waals surface area contributed by atoms with Crippen LogP contribution in [0.3, 0.4) is 0 Å². The van der Waals surface area contributed by atoms with Crippen LogP contribution >= 0.6 is 12.4 Å². The van der Waals surface area contributed by atoms with Crippen molar-refractivity contribution in [3.8, 4) is 0 Å². The Kier molecular flexibility index (Phi) is 6.29. The summed E-state index contributed by atoms with van der Waals surface area (Å²) in [4.78, 5) is 2.55. The van der Waals surface area contributed by atoms with E-state index in [0.717, 1.165) is 18.2 Å². The predicted molar refractivity (Wildman–Crippen MR) is 96.2 cm³/mol. The number of benzene rings is 2. The van der Waals surface area contributed by atoms with E-state index in [-0.39, 0.29) is 12.4 Å². The molecular formula is C19H25ClN2. The van der Waals surface area contributed by atoms with Crippen LogP contribution < -0.4 is 5.73 Å². The summed E-state index contributed by atoms with van der Waals surface area (Å²) in [5, 5.41) is 0. The first-order valence-corrected chi connectivity index (χ1v) is 7.90. The van der Waals surface area contributed by atoms with Gasteiger partial charge in [-0.3, -0.25) is 4.90 Å². The number of rotatable bonds is 4. The lowest BCUT2D eigenvalue weighted by atomic mass is 9.90. The Bertz CT molecular complexity index is 563. The van der Waals surface area contributed by atoms with Crippen LogP contribution in [-0.4, -0.2) is 18.0 Å². The van der Waals surface area contributed by atoms with E-state index in [1.807, 2.05) is 12.1 Å². The molecule has 0 aromatic heterocycles. The van der Waals surface area contributed by atoms with Crippen LogP contribution in [0, 0.1) is 5.92 Å². The Morgan fingerprint density at radius 3 is 2.27 bits per heavy atom. The molecule has 0 amide bonds. The topological polar surface area (TPSA) is 29.3 Å².